The summed E-state index contributed by atoms with van der Waals surface area (Å²) < 4.78 is 27.7. The van der Waals surface area contributed by atoms with Crippen LogP contribution in [0.1, 0.15) is 67.7 Å². The van der Waals surface area contributed by atoms with Crippen molar-refractivity contribution in [2.75, 3.05) is 0 Å². The third kappa shape index (κ3) is 4.35. The average molecular weight is 453 g/mol. The Morgan fingerprint density at radius 1 is 1.16 bits per heavy atom. The van der Waals surface area contributed by atoms with E-state index in [1.165, 1.54) is 0 Å². The van der Waals surface area contributed by atoms with Crippen molar-refractivity contribution in [2.24, 2.45) is 13.0 Å². The average Bonchev–Trinajstić information content (AvgIpc) is 3.68. The summed E-state index contributed by atoms with van der Waals surface area (Å²) >= 11 is 0. The second kappa shape index (κ2) is 8.10. The van der Waals surface area contributed by atoms with Crippen LogP contribution in [0.4, 0.5) is 0 Å². The molecular formula is C25H28N2O4S. The Kier molecular flexibility index (Phi) is 5.40. The molecule has 0 bridgehead atoms. The molecule has 0 N–H and O–H groups in total. The molecule has 0 aliphatic heterocycles. The van der Waals surface area contributed by atoms with Gasteiger partial charge in [-0.25, -0.2) is 8.42 Å². The molecule has 32 heavy (non-hydrogen) atoms. The minimum absolute atomic E-state index is 0.0458. The molecule has 1 unspecified atom stereocenters. The molecule has 1 heterocycles. The van der Waals surface area contributed by atoms with E-state index in [0.29, 0.717) is 29.0 Å². The van der Waals surface area contributed by atoms with E-state index in [9.17, 15) is 18.0 Å². The maximum atomic E-state index is 13.4. The van der Waals surface area contributed by atoms with Crippen molar-refractivity contribution < 1.29 is 18.0 Å². The van der Waals surface area contributed by atoms with Crippen molar-refractivity contribution in [3.8, 4) is 0 Å². The molecule has 168 valence electrons. The maximum Gasteiger partial charge on any atom is 0.181 e. The van der Waals surface area contributed by atoms with Crippen molar-refractivity contribution in [1.29, 1.82) is 0 Å². The molecule has 0 amide bonds. The normalized spacial score (nSPS) is 21.8. The third-order valence-corrected chi connectivity index (χ3v) is 9.04. The molecule has 3 fully saturated rings. The lowest BCUT2D eigenvalue weighted by atomic mass is 9.92. The second-order valence-corrected chi connectivity index (χ2v) is 11.7. The molecule has 3 aliphatic rings. The van der Waals surface area contributed by atoms with Crippen LogP contribution < -0.4 is 0 Å². The SMILES string of the molecule is Cn1ccc(CC(=O)/C(=C/C2CCC(=O)C2)c2ccc(S(=O)(=O)C3CC3)c(C3CC3)c2)n1. The molecule has 7 heteroatoms. The number of hydrogen-bond donors (Lipinski definition) is 0. The summed E-state index contributed by atoms with van der Waals surface area (Å²) in [6, 6.07) is 7.24. The summed E-state index contributed by atoms with van der Waals surface area (Å²) in [6.45, 7) is 0. The largest absolute Gasteiger partial charge is 0.300 e. The number of aromatic nitrogens is 2. The lowest BCUT2D eigenvalue weighted by Gasteiger charge is -2.15. The Hall–Kier alpha value is -2.54. The van der Waals surface area contributed by atoms with Crippen LogP contribution in [-0.4, -0.2) is 35.0 Å². The number of benzene rings is 1. The lowest BCUT2D eigenvalue weighted by molar-refractivity contribution is -0.117. The molecule has 0 spiro atoms. The predicted octanol–water partition coefficient (Wildman–Crippen LogP) is 3.80. The van der Waals surface area contributed by atoms with Crippen molar-refractivity contribution >= 4 is 27.0 Å². The zero-order valence-corrected chi connectivity index (χ0v) is 19.1. The Balaban J connectivity index is 1.53. The van der Waals surface area contributed by atoms with E-state index in [1.807, 2.05) is 31.5 Å². The van der Waals surface area contributed by atoms with Crippen LogP contribution in [0, 0.1) is 5.92 Å². The lowest BCUT2D eigenvalue weighted by Crippen LogP contribution is -2.12. The molecule has 5 rings (SSSR count). The van der Waals surface area contributed by atoms with Gasteiger partial charge in [-0.15, -0.1) is 0 Å². The number of ketones is 2. The van der Waals surface area contributed by atoms with Gasteiger partial charge in [0, 0.05) is 31.7 Å². The summed E-state index contributed by atoms with van der Waals surface area (Å²) in [5.74, 6) is 0.470. The Bertz CT molecular complexity index is 1220. The fourth-order valence-electron chi connectivity index (χ4n) is 4.63. The number of sulfone groups is 1. The van der Waals surface area contributed by atoms with Gasteiger partial charge in [-0.1, -0.05) is 12.1 Å². The minimum atomic E-state index is -3.30. The fraction of sp³-hybridized carbons (Fsp3) is 0.480. The van der Waals surface area contributed by atoms with Gasteiger partial charge in [0.05, 0.1) is 22.3 Å². The minimum Gasteiger partial charge on any atom is -0.300 e. The molecule has 6 nitrogen and oxygen atoms in total. The summed E-state index contributed by atoms with van der Waals surface area (Å²) in [4.78, 5) is 25.6. The highest BCUT2D eigenvalue weighted by Crippen LogP contribution is 2.46. The first-order chi connectivity index (χ1) is 15.3. The number of hydrogen-bond acceptors (Lipinski definition) is 5. The summed E-state index contributed by atoms with van der Waals surface area (Å²) in [5, 5.41) is 4.08. The zero-order valence-electron chi connectivity index (χ0n) is 18.3. The van der Waals surface area contributed by atoms with Gasteiger partial charge >= 0.3 is 0 Å². The Morgan fingerprint density at radius 3 is 2.53 bits per heavy atom. The van der Waals surface area contributed by atoms with Crippen molar-refractivity contribution in [1.82, 2.24) is 9.78 Å². The predicted molar refractivity (Wildman–Crippen MR) is 121 cm³/mol. The van der Waals surface area contributed by atoms with Crippen molar-refractivity contribution in [3.05, 3.63) is 53.4 Å². The topological polar surface area (TPSA) is 86.1 Å². The van der Waals surface area contributed by atoms with Crippen LogP contribution in [0.5, 0.6) is 0 Å². The zero-order chi connectivity index (χ0) is 22.5. The number of nitrogens with zero attached hydrogens (tertiary/aromatic N) is 2. The summed E-state index contributed by atoms with van der Waals surface area (Å²) in [5.41, 5.74) is 2.88. The summed E-state index contributed by atoms with van der Waals surface area (Å²) in [7, 11) is -1.49. The molecule has 1 aromatic heterocycles. The number of Topliss-reactive ketones (excluding diaryl/α,β-unsaturated/α-hetero) is 2. The molecule has 3 saturated carbocycles. The van der Waals surface area contributed by atoms with Gasteiger partial charge < -0.3 is 0 Å². The molecule has 3 aliphatic carbocycles. The van der Waals surface area contributed by atoms with Gasteiger partial charge in [0.2, 0.25) is 0 Å². The summed E-state index contributed by atoms with van der Waals surface area (Å²) in [6.07, 6.45) is 9.12. The molecular weight excluding hydrogens is 424 g/mol. The highest BCUT2D eigenvalue weighted by Gasteiger charge is 2.40. The van der Waals surface area contributed by atoms with Gasteiger partial charge in [-0.2, -0.15) is 5.10 Å². The standard InChI is InChI=1S/C25H28N2O4S/c1-27-11-10-19(26-27)15-24(29)22(13-16-2-6-20(28)12-16)18-5-9-25(23(14-18)17-3-4-17)32(30,31)21-7-8-21/h5,9-11,13-14,16-17,21H,2-4,6-8,12,15H2,1H3/b22-13+. The number of carbonyl (C=O) groups excluding carboxylic acids is 2. The molecule has 0 radical (unpaired) electrons. The Labute approximate surface area is 188 Å². The van der Waals surface area contributed by atoms with E-state index in [0.717, 1.165) is 43.2 Å². The van der Waals surface area contributed by atoms with Gasteiger partial charge in [0.25, 0.3) is 0 Å². The van der Waals surface area contributed by atoms with E-state index in [1.54, 1.807) is 16.8 Å². The Morgan fingerprint density at radius 2 is 1.94 bits per heavy atom. The monoisotopic (exact) mass is 452 g/mol. The van der Waals surface area contributed by atoms with Gasteiger partial charge in [0.15, 0.2) is 15.6 Å². The molecule has 2 aromatic rings. The van der Waals surface area contributed by atoms with E-state index in [4.69, 9.17) is 0 Å². The number of carbonyl (C=O) groups is 2. The first-order valence-electron chi connectivity index (χ1n) is 11.4. The van der Waals surface area contributed by atoms with Crippen LogP contribution in [0.3, 0.4) is 0 Å². The first kappa shape index (κ1) is 21.3. The van der Waals surface area contributed by atoms with Crippen molar-refractivity contribution in [3.63, 3.8) is 0 Å². The van der Waals surface area contributed by atoms with Crippen LogP contribution >= 0.6 is 0 Å². The van der Waals surface area contributed by atoms with Crippen LogP contribution in [0.15, 0.2) is 41.4 Å². The molecule has 1 atom stereocenters. The molecule has 0 saturated heterocycles. The third-order valence-electron chi connectivity index (χ3n) is 6.70. The highest BCUT2D eigenvalue weighted by atomic mass is 32.2. The second-order valence-electron chi connectivity index (χ2n) is 9.47. The number of rotatable bonds is 8. The number of aryl methyl sites for hydroxylation is 1. The van der Waals surface area contributed by atoms with Gasteiger partial charge in [-0.05, 0) is 73.3 Å². The van der Waals surface area contributed by atoms with Gasteiger partial charge in [-0.3, -0.25) is 14.3 Å². The smallest absolute Gasteiger partial charge is 0.181 e. The van der Waals surface area contributed by atoms with E-state index < -0.39 is 9.84 Å². The van der Waals surface area contributed by atoms with E-state index in [2.05, 4.69) is 5.10 Å². The van der Waals surface area contributed by atoms with Crippen LogP contribution in [0.2, 0.25) is 0 Å². The van der Waals surface area contributed by atoms with Crippen molar-refractivity contribution in [2.45, 2.75) is 67.4 Å². The first-order valence-corrected chi connectivity index (χ1v) is 13.0. The van der Waals surface area contributed by atoms with Gasteiger partial charge in [0.1, 0.15) is 5.78 Å². The van der Waals surface area contributed by atoms with Crippen LogP contribution in [-0.2, 0) is 32.9 Å². The van der Waals surface area contributed by atoms with E-state index >= 15 is 0 Å². The van der Waals surface area contributed by atoms with Crippen LogP contribution in [0.25, 0.3) is 5.57 Å². The fourth-order valence-corrected chi connectivity index (χ4v) is 6.56. The molecule has 1 aromatic carbocycles. The highest BCUT2D eigenvalue weighted by molar-refractivity contribution is 7.92. The maximum absolute atomic E-state index is 13.4. The quantitative estimate of drug-likeness (QED) is 0.569. The van der Waals surface area contributed by atoms with E-state index in [-0.39, 0.29) is 35.1 Å². The number of allylic oxidation sites excluding steroid dienone is 2.